The van der Waals surface area contributed by atoms with Crippen molar-refractivity contribution >= 4 is 0 Å². The number of rotatable bonds is 2. The molecule has 0 aliphatic heterocycles. The van der Waals surface area contributed by atoms with E-state index in [9.17, 15) is 0 Å². The average molecular weight is 300 g/mol. The quantitative estimate of drug-likeness (QED) is 0.502. The summed E-state index contributed by atoms with van der Waals surface area (Å²) in [5.74, 6) is 0. The third-order valence-corrected chi connectivity index (χ3v) is 5.04. The van der Waals surface area contributed by atoms with Gasteiger partial charge in [0.1, 0.15) is 0 Å². The van der Waals surface area contributed by atoms with Gasteiger partial charge in [-0.1, -0.05) is 60.2 Å². The standard InChI is InChI=1S/C23H24/c1-15-9-11-20(12-10-15)21-13-14-23(19(5)18(21)4)22-8-6-7-16(2)17(22)3/h6-14H,1-5H3. The number of benzene rings is 3. The van der Waals surface area contributed by atoms with Gasteiger partial charge in [0, 0.05) is 0 Å². The molecule has 0 fully saturated rings. The van der Waals surface area contributed by atoms with E-state index in [1.165, 1.54) is 50.1 Å². The summed E-state index contributed by atoms with van der Waals surface area (Å²) in [4.78, 5) is 0. The predicted octanol–water partition coefficient (Wildman–Crippen LogP) is 6.56. The highest BCUT2D eigenvalue weighted by Crippen LogP contribution is 2.34. The van der Waals surface area contributed by atoms with Gasteiger partial charge in [-0.25, -0.2) is 0 Å². The zero-order chi connectivity index (χ0) is 16.6. The van der Waals surface area contributed by atoms with Crippen LogP contribution in [0.5, 0.6) is 0 Å². The maximum absolute atomic E-state index is 2.28. The lowest BCUT2D eigenvalue weighted by molar-refractivity contribution is 1.30. The van der Waals surface area contributed by atoms with E-state index < -0.39 is 0 Å². The monoisotopic (exact) mass is 300 g/mol. The molecule has 3 aromatic rings. The molecule has 23 heavy (non-hydrogen) atoms. The normalized spacial score (nSPS) is 10.8. The fourth-order valence-electron chi connectivity index (χ4n) is 3.20. The maximum Gasteiger partial charge on any atom is -0.0149 e. The Hall–Kier alpha value is -2.34. The predicted molar refractivity (Wildman–Crippen MR) is 101 cm³/mol. The fraction of sp³-hybridized carbons (Fsp3) is 0.217. The molecule has 0 radical (unpaired) electrons. The van der Waals surface area contributed by atoms with Crippen molar-refractivity contribution in [2.75, 3.05) is 0 Å². The lowest BCUT2D eigenvalue weighted by Crippen LogP contribution is -1.94. The highest BCUT2D eigenvalue weighted by molar-refractivity contribution is 5.78. The zero-order valence-corrected chi connectivity index (χ0v) is 14.7. The van der Waals surface area contributed by atoms with Gasteiger partial charge in [0.2, 0.25) is 0 Å². The molecular weight excluding hydrogens is 276 g/mol. The van der Waals surface area contributed by atoms with Crippen LogP contribution in [0.4, 0.5) is 0 Å². The average Bonchev–Trinajstić information content (AvgIpc) is 2.54. The van der Waals surface area contributed by atoms with Crippen molar-refractivity contribution in [1.82, 2.24) is 0 Å². The minimum absolute atomic E-state index is 1.30. The molecule has 0 heterocycles. The maximum atomic E-state index is 2.28. The van der Waals surface area contributed by atoms with Crippen molar-refractivity contribution in [2.45, 2.75) is 34.6 Å². The molecule has 3 rings (SSSR count). The van der Waals surface area contributed by atoms with Crippen LogP contribution in [0.25, 0.3) is 22.3 Å². The first-order valence-electron chi connectivity index (χ1n) is 8.23. The molecule has 0 N–H and O–H groups in total. The van der Waals surface area contributed by atoms with Crippen LogP contribution >= 0.6 is 0 Å². The van der Waals surface area contributed by atoms with E-state index in [2.05, 4.69) is 89.2 Å². The molecule has 0 saturated heterocycles. The highest BCUT2D eigenvalue weighted by atomic mass is 14.2. The van der Waals surface area contributed by atoms with E-state index in [1.54, 1.807) is 0 Å². The Labute approximate surface area is 139 Å². The van der Waals surface area contributed by atoms with E-state index in [0.717, 1.165) is 0 Å². The van der Waals surface area contributed by atoms with E-state index in [1.807, 2.05) is 0 Å². The zero-order valence-electron chi connectivity index (χ0n) is 14.7. The molecule has 0 unspecified atom stereocenters. The summed E-state index contributed by atoms with van der Waals surface area (Å²) in [6.45, 7) is 11.0. The summed E-state index contributed by atoms with van der Waals surface area (Å²) in [6.07, 6.45) is 0. The Morgan fingerprint density at radius 1 is 0.478 bits per heavy atom. The van der Waals surface area contributed by atoms with Gasteiger partial charge in [0.05, 0.1) is 0 Å². The van der Waals surface area contributed by atoms with Crippen molar-refractivity contribution in [3.8, 4) is 22.3 Å². The lowest BCUT2D eigenvalue weighted by atomic mass is 9.88. The molecular formula is C23H24. The van der Waals surface area contributed by atoms with Crippen LogP contribution in [0.2, 0.25) is 0 Å². The summed E-state index contributed by atoms with van der Waals surface area (Å²) < 4.78 is 0. The fourth-order valence-corrected chi connectivity index (χ4v) is 3.20. The molecule has 0 saturated carbocycles. The molecule has 0 nitrogen and oxygen atoms in total. The minimum atomic E-state index is 1.30. The van der Waals surface area contributed by atoms with Crippen molar-refractivity contribution in [3.63, 3.8) is 0 Å². The summed E-state index contributed by atoms with van der Waals surface area (Å²) in [5.41, 5.74) is 12.1. The van der Waals surface area contributed by atoms with Gasteiger partial charge < -0.3 is 0 Å². The smallest absolute Gasteiger partial charge is 0.0149 e. The summed E-state index contributed by atoms with van der Waals surface area (Å²) in [6, 6.07) is 19.9. The second kappa shape index (κ2) is 6.04. The van der Waals surface area contributed by atoms with Gasteiger partial charge in [-0.05, 0) is 79.1 Å². The van der Waals surface area contributed by atoms with Crippen molar-refractivity contribution in [2.24, 2.45) is 0 Å². The number of hydrogen-bond donors (Lipinski definition) is 0. The third kappa shape index (κ3) is 2.82. The van der Waals surface area contributed by atoms with Gasteiger partial charge in [-0.15, -0.1) is 0 Å². The topological polar surface area (TPSA) is 0 Å². The summed E-state index contributed by atoms with van der Waals surface area (Å²) in [7, 11) is 0. The first-order chi connectivity index (χ1) is 11.0. The molecule has 0 aliphatic carbocycles. The van der Waals surface area contributed by atoms with Crippen LogP contribution in [0, 0.1) is 34.6 Å². The molecule has 3 aromatic carbocycles. The van der Waals surface area contributed by atoms with Gasteiger partial charge in [-0.3, -0.25) is 0 Å². The molecule has 0 bridgehead atoms. The molecule has 0 aliphatic rings. The molecule has 116 valence electrons. The number of hydrogen-bond acceptors (Lipinski definition) is 0. The second-order valence-corrected chi connectivity index (χ2v) is 6.52. The Bertz CT molecular complexity index is 852. The van der Waals surface area contributed by atoms with Crippen LogP contribution in [0.1, 0.15) is 27.8 Å². The first kappa shape index (κ1) is 15.6. The summed E-state index contributed by atoms with van der Waals surface area (Å²) in [5, 5.41) is 0. The van der Waals surface area contributed by atoms with Crippen LogP contribution in [0.15, 0.2) is 54.6 Å². The molecule has 0 spiro atoms. The third-order valence-electron chi connectivity index (χ3n) is 5.04. The molecule has 0 atom stereocenters. The van der Waals surface area contributed by atoms with Crippen LogP contribution < -0.4 is 0 Å². The van der Waals surface area contributed by atoms with Crippen molar-refractivity contribution < 1.29 is 0 Å². The van der Waals surface area contributed by atoms with E-state index in [4.69, 9.17) is 0 Å². The van der Waals surface area contributed by atoms with Crippen LogP contribution in [0.3, 0.4) is 0 Å². The van der Waals surface area contributed by atoms with Crippen LogP contribution in [-0.2, 0) is 0 Å². The molecule has 0 aromatic heterocycles. The molecule has 0 amide bonds. The Morgan fingerprint density at radius 3 is 1.74 bits per heavy atom. The Morgan fingerprint density at radius 2 is 1.04 bits per heavy atom. The van der Waals surface area contributed by atoms with Crippen LogP contribution in [-0.4, -0.2) is 0 Å². The minimum Gasteiger partial charge on any atom is -0.0614 e. The lowest BCUT2D eigenvalue weighted by Gasteiger charge is -2.16. The SMILES string of the molecule is Cc1ccc(-c2ccc(-c3cccc(C)c3C)c(C)c2C)cc1. The Balaban J connectivity index is 2.15. The largest absolute Gasteiger partial charge is 0.0614 e. The van der Waals surface area contributed by atoms with E-state index in [-0.39, 0.29) is 0 Å². The van der Waals surface area contributed by atoms with Gasteiger partial charge >= 0.3 is 0 Å². The van der Waals surface area contributed by atoms with E-state index >= 15 is 0 Å². The summed E-state index contributed by atoms with van der Waals surface area (Å²) >= 11 is 0. The van der Waals surface area contributed by atoms with E-state index in [0.29, 0.717) is 0 Å². The first-order valence-corrected chi connectivity index (χ1v) is 8.23. The van der Waals surface area contributed by atoms with Crippen molar-refractivity contribution in [3.05, 3.63) is 82.4 Å². The molecule has 0 heteroatoms. The second-order valence-electron chi connectivity index (χ2n) is 6.52. The van der Waals surface area contributed by atoms with Gasteiger partial charge in [-0.2, -0.15) is 0 Å². The highest BCUT2D eigenvalue weighted by Gasteiger charge is 2.11. The Kier molecular flexibility index (Phi) is 4.09. The van der Waals surface area contributed by atoms with Gasteiger partial charge in [0.25, 0.3) is 0 Å². The van der Waals surface area contributed by atoms with Gasteiger partial charge in [0.15, 0.2) is 0 Å². The number of aryl methyl sites for hydroxylation is 2. The van der Waals surface area contributed by atoms with Crippen molar-refractivity contribution in [1.29, 1.82) is 0 Å².